The number of carbonyl (C=O) groups excluding carboxylic acids is 2. The van der Waals surface area contributed by atoms with Crippen molar-refractivity contribution >= 4 is 17.4 Å². The van der Waals surface area contributed by atoms with Crippen LogP contribution in [0.15, 0.2) is 60.7 Å². The third-order valence-electron chi connectivity index (χ3n) is 5.43. The number of anilines is 1. The van der Waals surface area contributed by atoms with E-state index in [1.807, 2.05) is 67.6 Å². The van der Waals surface area contributed by atoms with E-state index in [4.69, 9.17) is 5.73 Å². The first-order chi connectivity index (χ1) is 13.5. The van der Waals surface area contributed by atoms with Gasteiger partial charge in [-0.25, -0.2) is 0 Å². The second-order valence-electron chi connectivity index (χ2n) is 7.61. The number of hydrogen-bond donors (Lipinski definition) is 2. The highest BCUT2D eigenvalue weighted by Gasteiger charge is 2.33. The van der Waals surface area contributed by atoms with Crippen LogP contribution < -0.4 is 11.1 Å². The molecule has 2 aromatic carbocycles. The van der Waals surface area contributed by atoms with E-state index in [1.165, 1.54) is 0 Å². The standard InChI is InChI=1S/C23H29N3O2/c1-17(16-26-14-8-13-21(26)23(24)28)22(27)20(15-18-9-4-2-5-10-18)25-19-11-6-3-7-12-19/h2-7,9-12,17,20-21,25H,8,13-16H2,1H3,(H2,24,28)/t17?,20-,21+/m1/s1. The Hall–Kier alpha value is -2.66. The molecule has 0 spiro atoms. The summed E-state index contributed by atoms with van der Waals surface area (Å²) in [6, 6.07) is 19.3. The molecule has 1 unspecified atom stereocenters. The quantitative estimate of drug-likeness (QED) is 0.702. The van der Waals surface area contributed by atoms with Crippen LogP contribution in [0.25, 0.3) is 0 Å². The van der Waals surface area contributed by atoms with Gasteiger partial charge in [-0.2, -0.15) is 0 Å². The van der Waals surface area contributed by atoms with Gasteiger partial charge in [0.25, 0.3) is 0 Å². The number of hydrogen-bond acceptors (Lipinski definition) is 4. The van der Waals surface area contributed by atoms with E-state index in [0.29, 0.717) is 13.0 Å². The third-order valence-corrected chi connectivity index (χ3v) is 5.43. The maximum absolute atomic E-state index is 13.3. The van der Waals surface area contributed by atoms with Crippen LogP contribution in [-0.4, -0.2) is 41.8 Å². The number of nitrogens with two attached hydrogens (primary N) is 1. The van der Waals surface area contributed by atoms with Gasteiger partial charge < -0.3 is 11.1 Å². The number of rotatable bonds is 9. The Bertz CT molecular complexity index is 737. The summed E-state index contributed by atoms with van der Waals surface area (Å²) in [5.74, 6) is -0.326. The van der Waals surface area contributed by atoms with Gasteiger partial charge in [-0.15, -0.1) is 0 Å². The Morgan fingerprint density at radius 1 is 1.11 bits per heavy atom. The Labute approximate surface area is 166 Å². The van der Waals surface area contributed by atoms with E-state index < -0.39 is 0 Å². The number of ketones is 1. The Morgan fingerprint density at radius 2 is 1.75 bits per heavy atom. The molecule has 0 aromatic heterocycles. The minimum atomic E-state index is -0.325. The fraction of sp³-hybridized carbons (Fsp3) is 0.391. The summed E-state index contributed by atoms with van der Waals surface area (Å²) in [4.78, 5) is 27.0. The summed E-state index contributed by atoms with van der Waals surface area (Å²) in [5, 5.41) is 3.41. The van der Waals surface area contributed by atoms with Crippen LogP contribution in [0.1, 0.15) is 25.3 Å². The lowest BCUT2D eigenvalue weighted by molar-refractivity contribution is -0.126. The van der Waals surface area contributed by atoms with Gasteiger partial charge in [0.2, 0.25) is 5.91 Å². The second-order valence-corrected chi connectivity index (χ2v) is 7.61. The van der Waals surface area contributed by atoms with Crippen LogP contribution in [0.3, 0.4) is 0 Å². The highest BCUT2D eigenvalue weighted by atomic mass is 16.1. The van der Waals surface area contributed by atoms with Crippen molar-refractivity contribution in [2.45, 2.75) is 38.3 Å². The first-order valence-corrected chi connectivity index (χ1v) is 9.97. The molecule has 0 saturated carbocycles. The molecule has 28 heavy (non-hydrogen) atoms. The summed E-state index contributed by atoms with van der Waals surface area (Å²) < 4.78 is 0. The summed E-state index contributed by atoms with van der Waals surface area (Å²) in [7, 11) is 0. The van der Waals surface area contributed by atoms with E-state index in [1.54, 1.807) is 0 Å². The van der Waals surface area contributed by atoms with E-state index in [2.05, 4.69) is 10.2 Å². The number of nitrogens with one attached hydrogen (secondary N) is 1. The summed E-state index contributed by atoms with van der Waals surface area (Å²) in [6.07, 6.45) is 2.36. The SMILES string of the molecule is CC(CN1CCC[C@H]1C(N)=O)C(=O)[C@@H](Cc1ccccc1)Nc1ccccc1. The van der Waals surface area contributed by atoms with E-state index in [0.717, 1.165) is 30.6 Å². The van der Waals surface area contributed by atoms with Crippen LogP contribution in [0.5, 0.6) is 0 Å². The lowest BCUT2D eigenvalue weighted by Gasteiger charge is -2.28. The molecule has 5 nitrogen and oxygen atoms in total. The maximum Gasteiger partial charge on any atom is 0.234 e. The lowest BCUT2D eigenvalue weighted by Crippen LogP contribution is -2.45. The number of para-hydroxylation sites is 1. The fourth-order valence-corrected chi connectivity index (χ4v) is 3.96. The van der Waals surface area contributed by atoms with Crippen molar-refractivity contribution in [3.63, 3.8) is 0 Å². The van der Waals surface area contributed by atoms with Gasteiger partial charge in [-0.3, -0.25) is 14.5 Å². The molecule has 1 aliphatic rings. The molecular weight excluding hydrogens is 350 g/mol. The van der Waals surface area contributed by atoms with Gasteiger partial charge in [-0.05, 0) is 43.5 Å². The number of benzene rings is 2. The molecule has 1 fully saturated rings. The van der Waals surface area contributed by atoms with E-state index in [-0.39, 0.29) is 29.7 Å². The molecule has 0 radical (unpaired) electrons. The number of Topliss-reactive ketones (excluding diaryl/α,β-unsaturated/α-hetero) is 1. The van der Waals surface area contributed by atoms with E-state index in [9.17, 15) is 9.59 Å². The van der Waals surface area contributed by atoms with Crippen LogP contribution in [0, 0.1) is 5.92 Å². The maximum atomic E-state index is 13.3. The average Bonchev–Trinajstić information content (AvgIpc) is 3.17. The van der Waals surface area contributed by atoms with Crippen LogP contribution >= 0.6 is 0 Å². The minimum absolute atomic E-state index is 0.155. The molecule has 5 heteroatoms. The van der Waals surface area contributed by atoms with Gasteiger partial charge in [0.1, 0.15) is 0 Å². The molecule has 1 amide bonds. The molecule has 148 valence electrons. The van der Waals surface area contributed by atoms with Gasteiger partial charge in [0.05, 0.1) is 12.1 Å². The smallest absolute Gasteiger partial charge is 0.234 e. The number of nitrogens with zero attached hydrogens (tertiary/aromatic N) is 1. The first-order valence-electron chi connectivity index (χ1n) is 9.97. The molecule has 3 rings (SSSR count). The topological polar surface area (TPSA) is 75.4 Å². The number of amides is 1. The molecule has 0 aliphatic carbocycles. The van der Waals surface area contributed by atoms with Gasteiger partial charge in [-0.1, -0.05) is 55.5 Å². The van der Waals surface area contributed by atoms with Crippen LogP contribution in [-0.2, 0) is 16.0 Å². The van der Waals surface area contributed by atoms with Crippen LogP contribution in [0.2, 0.25) is 0 Å². The Kier molecular flexibility index (Phi) is 6.82. The van der Waals surface area contributed by atoms with Crippen molar-refractivity contribution in [2.24, 2.45) is 11.7 Å². The zero-order chi connectivity index (χ0) is 19.9. The summed E-state index contributed by atoms with van der Waals surface area (Å²) in [5.41, 5.74) is 7.58. The highest BCUT2D eigenvalue weighted by Crippen LogP contribution is 2.21. The average molecular weight is 380 g/mol. The predicted molar refractivity (Wildman–Crippen MR) is 112 cm³/mol. The van der Waals surface area contributed by atoms with Crippen molar-refractivity contribution in [1.29, 1.82) is 0 Å². The van der Waals surface area contributed by atoms with Crippen molar-refractivity contribution in [3.8, 4) is 0 Å². The number of likely N-dealkylation sites (tertiary alicyclic amines) is 1. The molecular formula is C23H29N3O2. The first kappa shape index (κ1) is 20.1. The van der Waals surface area contributed by atoms with Crippen molar-refractivity contribution in [3.05, 3.63) is 66.2 Å². The number of primary amides is 1. The molecule has 1 aliphatic heterocycles. The lowest BCUT2D eigenvalue weighted by atomic mass is 9.93. The largest absolute Gasteiger partial charge is 0.375 e. The Morgan fingerprint density at radius 3 is 2.39 bits per heavy atom. The molecule has 1 heterocycles. The minimum Gasteiger partial charge on any atom is -0.375 e. The molecule has 3 atom stereocenters. The number of carbonyl (C=O) groups is 2. The second kappa shape index (κ2) is 9.51. The van der Waals surface area contributed by atoms with Gasteiger partial charge in [0, 0.05) is 18.2 Å². The summed E-state index contributed by atoms with van der Waals surface area (Å²) in [6.45, 7) is 3.33. The fourth-order valence-electron chi connectivity index (χ4n) is 3.96. The normalized spacial score (nSPS) is 19.1. The van der Waals surface area contributed by atoms with Gasteiger partial charge in [0.15, 0.2) is 5.78 Å². The van der Waals surface area contributed by atoms with Crippen molar-refractivity contribution in [2.75, 3.05) is 18.4 Å². The van der Waals surface area contributed by atoms with Gasteiger partial charge >= 0.3 is 0 Å². The zero-order valence-corrected chi connectivity index (χ0v) is 16.4. The highest BCUT2D eigenvalue weighted by molar-refractivity contribution is 5.89. The monoisotopic (exact) mass is 379 g/mol. The van der Waals surface area contributed by atoms with E-state index >= 15 is 0 Å². The molecule has 0 bridgehead atoms. The molecule has 3 N–H and O–H groups in total. The summed E-state index contributed by atoms with van der Waals surface area (Å²) >= 11 is 0. The predicted octanol–water partition coefficient (Wildman–Crippen LogP) is 2.86. The van der Waals surface area contributed by atoms with Crippen molar-refractivity contribution in [1.82, 2.24) is 4.90 Å². The zero-order valence-electron chi connectivity index (χ0n) is 16.4. The third kappa shape index (κ3) is 5.20. The molecule has 2 aromatic rings. The Balaban J connectivity index is 1.72. The van der Waals surface area contributed by atoms with Crippen molar-refractivity contribution < 1.29 is 9.59 Å². The van der Waals surface area contributed by atoms with Crippen LogP contribution in [0.4, 0.5) is 5.69 Å². The molecule has 1 saturated heterocycles.